The summed E-state index contributed by atoms with van der Waals surface area (Å²) in [4.78, 5) is 7.34. The number of hydrazone groups is 1. The van der Waals surface area contributed by atoms with Crippen LogP contribution < -0.4 is 5.43 Å². The van der Waals surface area contributed by atoms with Crippen LogP contribution >= 0.6 is 0 Å². The molecule has 0 aliphatic carbocycles. The van der Waals surface area contributed by atoms with Crippen LogP contribution in [0.25, 0.3) is 11.0 Å². The third-order valence-electron chi connectivity index (χ3n) is 2.65. The summed E-state index contributed by atoms with van der Waals surface area (Å²) in [6.07, 6.45) is 3.46. The highest BCUT2D eigenvalue weighted by atomic mass is 15.3. The van der Waals surface area contributed by atoms with E-state index in [1.54, 1.807) is 12.5 Å². The van der Waals surface area contributed by atoms with Gasteiger partial charge in [0.15, 0.2) is 0 Å². The molecule has 0 aliphatic heterocycles. The first-order valence-corrected chi connectivity index (χ1v) is 5.70. The van der Waals surface area contributed by atoms with Crippen LogP contribution in [0.4, 0.5) is 5.69 Å². The Morgan fingerprint density at radius 2 is 1.94 bits per heavy atom. The second-order valence-electron chi connectivity index (χ2n) is 3.88. The van der Waals surface area contributed by atoms with Gasteiger partial charge in [-0.3, -0.25) is 5.43 Å². The van der Waals surface area contributed by atoms with Crippen LogP contribution in [0.2, 0.25) is 0 Å². The maximum absolute atomic E-state index is 4.27. The van der Waals surface area contributed by atoms with Gasteiger partial charge >= 0.3 is 0 Å². The quantitative estimate of drug-likeness (QED) is 0.542. The molecule has 0 saturated carbocycles. The van der Waals surface area contributed by atoms with Gasteiger partial charge in [-0.1, -0.05) is 30.3 Å². The summed E-state index contributed by atoms with van der Waals surface area (Å²) in [5.74, 6) is 0. The van der Waals surface area contributed by atoms with Crippen LogP contribution in [0, 0.1) is 0 Å². The van der Waals surface area contributed by atoms with Gasteiger partial charge in [0.1, 0.15) is 0 Å². The maximum Gasteiger partial charge on any atom is 0.0970 e. The molecule has 3 aromatic rings. The number of nitrogens with zero attached hydrogens (tertiary/aromatic N) is 2. The van der Waals surface area contributed by atoms with Crippen molar-refractivity contribution in [2.24, 2.45) is 5.10 Å². The Labute approximate surface area is 104 Å². The topological polar surface area (TPSA) is 53.1 Å². The molecule has 0 fully saturated rings. The van der Waals surface area contributed by atoms with Crippen molar-refractivity contribution in [1.29, 1.82) is 0 Å². The number of imidazole rings is 1. The first kappa shape index (κ1) is 10.5. The summed E-state index contributed by atoms with van der Waals surface area (Å²) >= 11 is 0. The molecular weight excluding hydrogens is 224 g/mol. The molecule has 18 heavy (non-hydrogen) atoms. The number of fused-ring (bicyclic) bond motifs is 1. The molecule has 3 rings (SSSR count). The van der Waals surface area contributed by atoms with Gasteiger partial charge in [-0.15, -0.1) is 0 Å². The van der Waals surface area contributed by atoms with E-state index in [1.165, 1.54) is 0 Å². The third kappa shape index (κ3) is 2.08. The normalized spacial score (nSPS) is 11.1. The zero-order valence-corrected chi connectivity index (χ0v) is 9.67. The summed E-state index contributed by atoms with van der Waals surface area (Å²) < 4.78 is 0. The zero-order chi connectivity index (χ0) is 12.2. The number of benzene rings is 2. The van der Waals surface area contributed by atoms with E-state index in [4.69, 9.17) is 0 Å². The first-order chi connectivity index (χ1) is 8.93. The van der Waals surface area contributed by atoms with Crippen molar-refractivity contribution >= 4 is 22.9 Å². The number of aromatic amines is 1. The maximum atomic E-state index is 4.27. The number of para-hydroxylation sites is 2. The molecule has 0 unspecified atom stereocenters. The average Bonchev–Trinajstić information content (AvgIpc) is 2.89. The molecule has 1 heterocycles. The van der Waals surface area contributed by atoms with Gasteiger partial charge in [0.05, 0.1) is 29.3 Å². The highest BCUT2D eigenvalue weighted by molar-refractivity contribution is 5.96. The molecule has 0 atom stereocenters. The molecular formula is C14H12N4. The molecule has 0 spiro atoms. The summed E-state index contributed by atoms with van der Waals surface area (Å²) in [6.45, 7) is 0. The number of hydrogen-bond donors (Lipinski definition) is 2. The number of H-pyrrole nitrogens is 1. The van der Waals surface area contributed by atoms with Gasteiger partial charge in [-0.2, -0.15) is 5.10 Å². The van der Waals surface area contributed by atoms with Gasteiger partial charge in [-0.25, -0.2) is 4.98 Å². The van der Waals surface area contributed by atoms with E-state index in [1.807, 2.05) is 48.5 Å². The Kier molecular flexibility index (Phi) is 2.75. The van der Waals surface area contributed by atoms with E-state index >= 15 is 0 Å². The fourth-order valence-electron chi connectivity index (χ4n) is 1.78. The van der Waals surface area contributed by atoms with Crippen molar-refractivity contribution in [1.82, 2.24) is 9.97 Å². The van der Waals surface area contributed by atoms with Gasteiger partial charge < -0.3 is 4.98 Å². The zero-order valence-electron chi connectivity index (χ0n) is 9.67. The highest BCUT2D eigenvalue weighted by Crippen LogP contribution is 2.12. The second-order valence-corrected chi connectivity index (χ2v) is 3.88. The monoisotopic (exact) mass is 236 g/mol. The molecule has 4 heteroatoms. The van der Waals surface area contributed by atoms with E-state index in [0.29, 0.717) is 0 Å². The second kappa shape index (κ2) is 4.71. The summed E-state index contributed by atoms with van der Waals surface area (Å²) in [5.41, 5.74) is 6.87. The van der Waals surface area contributed by atoms with E-state index in [0.717, 1.165) is 22.3 Å². The standard InChI is InChI=1S/C14H12N4/c1-2-6-12(7-3-1)18-17-9-11-5-4-8-13-14(11)16-10-15-13/h1-10,18H,(H,15,16). The predicted molar refractivity (Wildman–Crippen MR) is 73.8 cm³/mol. The molecule has 88 valence electrons. The Balaban J connectivity index is 1.82. The molecule has 0 radical (unpaired) electrons. The highest BCUT2D eigenvalue weighted by Gasteiger charge is 1.99. The van der Waals surface area contributed by atoms with Gasteiger partial charge in [0.2, 0.25) is 0 Å². The van der Waals surface area contributed by atoms with E-state index in [2.05, 4.69) is 20.5 Å². The largest absolute Gasteiger partial charge is 0.345 e. The Bertz CT molecular complexity index is 670. The Hall–Kier alpha value is -2.62. The third-order valence-corrected chi connectivity index (χ3v) is 2.65. The summed E-state index contributed by atoms with van der Waals surface area (Å²) in [7, 11) is 0. The number of nitrogens with one attached hydrogen (secondary N) is 2. The molecule has 2 N–H and O–H groups in total. The van der Waals surface area contributed by atoms with Crippen molar-refractivity contribution in [3.05, 3.63) is 60.4 Å². The van der Waals surface area contributed by atoms with Crippen LogP contribution in [0.5, 0.6) is 0 Å². The van der Waals surface area contributed by atoms with Crippen LogP contribution in [0.3, 0.4) is 0 Å². The predicted octanol–water partition coefficient (Wildman–Crippen LogP) is 3.01. The van der Waals surface area contributed by atoms with E-state index in [9.17, 15) is 0 Å². The summed E-state index contributed by atoms with van der Waals surface area (Å²) in [6, 6.07) is 15.8. The Morgan fingerprint density at radius 3 is 2.83 bits per heavy atom. The van der Waals surface area contributed by atoms with Crippen LogP contribution in [-0.2, 0) is 0 Å². The number of anilines is 1. The van der Waals surface area contributed by atoms with Crippen molar-refractivity contribution in [3.63, 3.8) is 0 Å². The van der Waals surface area contributed by atoms with E-state index in [-0.39, 0.29) is 0 Å². The average molecular weight is 236 g/mol. The van der Waals surface area contributed by atoms with Gasteiger partial charge in [0.25, 0.3) is 0 Å². The van der Waals surface area contributed by atoms with Crippen molar-refractivity contribution in [2.75, 3.05) is 5.43 Å². The molecule has 0 aliphatic rings. The number of aromatic nitrogens is 2. The van der Waals surface area contributed by atoms with Crippen molar-refractivity contribution < 1.29 is 0 Å². The molecule has 0 saturated heterocycles. The SMILES string of the molecule is C(=NNc1ccccc1)c1cccc2[nH]cnc12. The lowest BCUT2D eigenvalue weighted by Crippen LogP contribution is -1.90. The summed E-state index contributed by atoms with van der Waals surface area (Å²) in [5, 5.41) is 4.21. The molecule has 0 bridgehead atoms. The minimum Gasteiger partial charge on any atom is -0.345 e. The van der Waals surface area contributed by atoms with Crippen molar-refractivity contribution in [2.45, 2.75) is 0 Å². The lowest BCUT2D eigenvalue weighted by molar-refractivity contribution is 1.34. The van der Waals surface area contributed by atoms with Crippen molar-refractivity contribution in [3.8, 4) is 0 Å². The minimum absolute atomic E-state index is 0.927. The first-order valence-electron chi connectivity index (χ1n) is 5.70. The van der Waals surface area contributed by atoms with Gasteiger partial charge in [0, 0.05) is 5.56 Å². The van der Waals surface area contributed by atoms with Gasteiger partial charge in [-0.05, 0) is 18.2 Å². The van der Waals surface area contributed by atoms with Crippen LogP contribution in [0.1, 0.15) is 5.56 Å². The van der Waals surface area contributed by atoms with E-state index < -0.39 is 0 Å². The number of rotatable bonds is 3. The lowest BCUT2D eigenvalue weighted by Gasteiger charge is -1.99. The fraction of sp³-hybridized carbons (Fsp3) is 0. The lowest BCUT2D eigenvalue weighted by atomic mass is 10.2. The fourth-order valence-corrected chi connectivity index (χ4v) is 1.78. The van der Waals surface area contributed by atoms with Crippen LogP contribution in [-0.4, -0.2) is 16.2 Å². The Morgan fingerprint density at radius 1 is 1.06 bits per heavy atom. The minimum atomic E-state index is 0.927. The number of hydrogen-bond acceptors (Lipinski definition) is 3. The molecule has 4 nitrogen and oxygen atoms in total. The molecule has 1 aromatic heterocycles. The molecule has 0 amide bonds. The van der Waals surface area contributed by atoms with Crippen LogP contribution in [0.15, 0.2) is 60.0 Å². The molecule has 2 aromatic carbocycles. The smallest absolute Gasteiger partial charge is 0.0970 e.